The first kappa shape index (κ1) is 15.8. The summed E-state index contributed by atoms with van der Waals surface area (Å²) in [5, 5.41) is 8.66. The second kappa shape index (κ2) is 8.02. The van der Waals surface area contributed by atoms with E-state index in [0.717, 1.165) is 49.6 Å². The number of hydrogen-bond donors (Lipinski definition) is 1. The zero-order chi connectivity index (χ0) is 15.1. The molecule has 6 heteroatoms. The minimum Gasteiger partial charge on any atom is -0.481 e. The standard InChI is InChI=1S/C15H20N2O3S/c18-14(10-21-11-15(19)20)17-9-3-1-2-4-13(17)12-5-7-16-8-6-12/h5-8,13H,1-4,9-11H2,(H,19,20). The number of carbonyl (C=O) groups excluding carboxylic acids is 1. The summed E-state index contributed by atoms with van der Waals surface area (Å²) in [5.74, 6) is -0.646. The van der Waals surface area contributed by atoms with Crippen molar-refractivity contribution in [3.8, 4) is 0 Å². The first-order valence-corrected chi connectivity index (χ1v) is 8.33. The summed E-state index contributed by atoms with van der Waals surface area (Å²) >= 11 is 1.16. The van der Waals surface area contributed by atoms with E-state index in [4.69, 9.17) is 5.11 Å². The molecular formula is C15H20N2O3S. The molecule has 1 fully saturated rings. The fourth-order valence-corrected chi connectivity index (χ4v) is 3.26. The van der Waals surface area contributed by atoms with Crippen LogP contribution in [0, 0.1) is 0 Å². The first-order valence-electron chi connectivity index (χ1n) is 7.17. The molecule has 0 aliphatic carbocycles. The Bertz CT molecular complexity index is 481. The molecular weight excluding hydrogens is 288 g/mol. The number of carboxylic acids is 1. The minimum absolute atomic E-state index is 0.0283. The summed E-state index contributed by atoms with van der Waals surface area (Å²) in [6.07, 6.45) is 7.72. The third-order valence-corrected chi connectivity index (χ3v) is 4.52. The van der Waals surface area contributed by atoms with Crippen molar-refractivity contribution in [1.29, 1.82) is 0 Å². The molecule has 0 saturated carbocycles. The maximum atomic E-state index is 12.4. The number of thioether (sulfide) groups is 1. The number of amides is 1. The zero-order valence-corrected chi connectivity index (χ0v) is 12.7. The molecule has 2 rings (SSSR count). The molecule has 114 valence electrons. The molecule has 1 aromatic heterocycles. The highest BCUT2D eigenvalue weighted by atomic mass is 32.2. The number of hydrogen-bond acceptors (Lipinski definition) is 4. The number of aliphatic carboxylic acids is 1. The Kier molecular flexibility index (Phi) is 6.04. The van der Waals surface area contributed by atoms with Gasteiger partial charge in [0.1, 0.15) is 0 Å². The molecule has 0 radical (unpaired) electrons. The Morgan fingerprint density at radius 2 is 2.00 bits per heavy atom. The molecule has 5 nitrogen and oxygen atoms in total. The van der Waals surface area contributed by atoms with E-state index in [2.05, 4.69) is 4.98 Å². The third-order valence-electron chi connectivity index (χ3n) is 3.62. The second-order valence-corrected chi connectivity index (χ2v) is 6.10. The van der Waals surface area contributed by atoms with Crippen LogP contribution in [0.15, 0.2) is 24.5 Å². The number of likely N-dealkylation sites (tertiary alicyclic amines) is 1. The summed E-state index contributed by atoms with van der Waals surface area (Å²) < 4.78 is 0. The van der Waals surface area contributed by atoms with Gasteiger partial charge in [0, 0.05) is 18.9 Å². The van der Waals surface area contributed by atoms with Gasteiger partial charge in [-0.25, -0.2) is 0 Å². The highest BCUT2D eigenvalue weighted by Crippen LogP contribution is 2.30. The van der Waals surface area contributed by atoms with Gasteiger partial charge in [-0.2, -0.15) is 0 Å². The molecule has 21 heavy (non-hydrogen) atoms. The predicted octanol–water partition coefficient (Wildman–Crippen LogP) is 2.34. The van der Waals surface area contributed by atoms with Gasteiger partial charge < -0.3 is 10.0 Å². The Balaban J connectivity index is 2.05. The lowest BCUT2D eigenvalue weighted by atomic mass is 10.0. The number of pyridine rings is 1. The lowest BCUT2D eigenvalue weighted by Gasteiger charge is -2.30. The Morgan fingerprint density at radius 1 is 1.24 bits per heavy atom. The highest BCUT2D eigenvalue weighted by molar-refractivity contribution is 8.00. The third kappa shape index (κ3) is 4.74. The van der Waals surface area contributed by atoms with E-state index < -0.39 is 5.97 Å². The van der Waals surface area contributed by atoms with E-state index in [-0.39, 0.29) is 23.5 Å². The summed E-state index contributed by atoms with van der Waals surface area (Å²) in [7, 11) is 0. The Labute approximate surface area is 128 Å². The summed E-state index contributed by atoms with van der Waals surface area (Å²) in [6.45, 7) is 0.749. The summed E-state index contributed by atoms with van der Waals surface area (Å²) in [5.41, 5.74) is 1.11. The van der Waals surface area contributed by atoms with Crippen LogP contribution in [0.25, 0.3) is 0 Å². The van der Waals surface area contributed by atoms with Gasteiger partial charge >= 0.3 is 5.97 Å². The van der Waals surface area contributed by atoms with Crippen molar-refractivity contribution in [2.45, 2.75) is 31.7 Å². The number of carboxylic acid groups (broad SMARTS) is 1. The van der Waals surface area contributed by atoms with Gasteiger partial charge in [-0.15, -0.1) is 11.8 Å². The molecule has 0 spiro atoms. The topological polar surface area (TPSA) is 70.5 Å². The van der Waals surface area contributed by atoms with Crippen molar-refractivity contribution in [2.24, 2.45) is 0 Å². The molecule has 1 aliphatic rings. The average molecular weight is 308 g/mol. The normalized spacial score (nSPS) is 19.0. The molecule has 0 aromatic carbocycles. The van der Waals surface area contributed by atoms with E-state index >= 15 is 0 Å². The van der Waals surface area contributed by atoms with Crippen molar-refractivity contribution in [3.05, 3.63) is 30.1 Å². The SMILES string of the molecule is O=C(O)CSCC(=O)N1CCCCCC1c1ccncc1. The summed E-state index contributed by atoms with van der Waals surface area (Å²) in [4.78, 5) is 28.9. The van der Waals surface area contributed by atoms with Crippen molar-refractivity contribution in [1.82, 2.24) is 9.88 Å². The lowest BCUT2D eigenvalue weighted by Crippen LogP contribution is -2.36. The predicted molar refractivity (Wildman–Crippen MR) is 82.1 cm³/mol. The van der Waals surface area contributed by atoms with Gasteiger partial charge in [-0.1, -0.05) is 12.8 Å². The molecule has 1 amide bonds. The van der Waals surface area contributed by atoms with Crippen LogP contribution in [0.5, 0.6) is 0 Å². The number of rotatable bonds is 5. The number of aromatic nitrogens is 1. The van der Waals surface area contributed by atoms with Crippen LogP contribution in [0.1, 0.15) is 37.3 Å². The smallest absolute Gasteiger partial charge is 0.313 e. The molecule has 1 N–H and O–H groups in total. The number of nitrogens with zero attached hydrogens (tertiary/aromatic N) is 2. The molecule has 1 aliphatic heterocycles. The van der Waals surface area contributed by atoms with Crippen molar-refractivity contribution in [3.63, 3.8) is 0 Å². The maximum Gasteiger partial charge on any atom is 0.313 e. The van der Waals surface area contributed by atoms with Crippen LogP contribution in [-0.4, -0.2) is 44.9 Å². The van der Waals surface area contributed by atoms with Gasteiger partial charge in [-0.05, 0) is 30.5 Å². The highest BCUT2D eigenvalue weighted by Gasteiger charge is 2.26. The Morgan fingerprint density at radius 3 is 2.71 bits per heavy atom. The monoisotopic (exact) mass is 308 g/mol. The Hall–Kier alpha value is -1.56. The molecule has 1 saturated heterocycles. The zero-order valence-electron chi connectivity index (χ0n) is 11.9. The van der Waals surface area contributed by atoms with Crippen LogP contribution in [-0.2, 0) is 9.59 Å². The average Bonchev–Trinajstić information content (AvgIpc) is 2.73. The first-order chi connectivity index (χ1) is 10.2. The van der Waals surface area contributed by atoms with E-state index in [0.29, 0.717) is 0 Å². The van der Waals surface area contributed by atoms with Crippen LogP contribution in [0.3, 0.4) is 0 Å². The van der Waals surface area contributed by atoms with E-state index in [1.54, 1.807) is 12.4 Å². The van der Waals surface area contributed by atoms with E-state index in [1.807, 2.05) is 17.0 Å². The second-order valence-electron chi connectivity index (χ2n) is 5.12. The van der Waals surface area contributed by atoms with E-state index in [9.17, 15) is 9.59 Å². The number of carbonyl (C=O) groups is 2. The fraction of sp³-hybridized carbons (Fsp3) is 0.533. The van der Waals surface area contributed by atoms with Crippen LogP contribution in [0.4, 0.5) is 0 Å². The van der Waals surface area contributed by atoms with Gasteiger partial charge in [-0.3, -0.25) is 14.6 Å². The molecule has 0 bridgehead atoms. The van der Waals surface area contributed by atoms with Gasteiger partial charge in [0.25, 0.3) is 0 Å². The minimum atomic E-state index is -0.880. The summed E-state index contributed by atoms with van der Waals surface area (Å²) in [6, 6.07) is 4.01. The van der Waals surface area contributed by atoms with Crippen molar-refractivity contribution < 1.29 is 14.7 Å². The quantitative estimate of drug-likeness (QED) is 0.904. The van der Waals surface area contributed by atoms with Gasteiger partial charge in [0.05, 0.1) is 17.5 Å². The largest absolute Gasteiger partial charge is 0.481 e. The fourth-order valence-electron chi connectivity index (χ4n) is 2.65. The molecule has 1 unspecified atom stereocenters. The van der Waals surface area contributed by atoms with Crippen LogP contribution >= 0.6 is 11.8 Å². The van der Waals surface area contributed by atoms with E-state index in [1.165, 1.54) is 0 Å². The van der Waals surface area contributed by atoms with Crippen molar-refractivity contribution >= 4 is 23.6 Å². The molecule has 1 aromatic rings. The van der Waals surface area contributed by atoms with Crippen molar-refractivity contribution in [2.75, 3.05) is 18.1 Å². The lowest BCUT2D eigenvalue weighted by molar-refractivity contribution is -0.133. The molecule has 1 atom stereocenters. The van der Waals surface area contributed by atoms with Gasteiger partial charge in [0.15, 0.2) is 0 Å². The maximum absolute atomic E-state index is 12.4. The van der Waals surface area contributed by atoms with Gasteiger partial charge in [0.2, 0.25) is 5.91 Å². The van der Waals surface area contributed by atoms with Crippen LogP contribution in [0.2, 0.25) is 0 Å². The van der Waals surface area contributed by atoms with Crippen LogP contribution < -0.4 is 0 Å². The molecule has 2 heterocycles.